The van der Waals surface area contributed by atoms with E-state index in [2.05, 4.69) is 4.18 Å². The molecule has 0 heterocycles. The first-order valence-corrected chi connectivity index (χ1v) is 5.42. The zero-order valence-corrected chi connectivity index (χ0v) is 9.12. The molecule has 9 heteroatoms. The Morgan fingerprint density at radius 1 is 1.25 bits per heavy atom. The van der Waals surface area contributed by atoms with E-state index in [0.29, 0.717) is 0 Å². The number of hydrogen-bond donors (Lipinski definition) is 0. The fraction of sp³-hybridized carbons (Fsp3) is 0.714. The minimum atomic E-state index is -6.21. The molecule has 0 N–H and O–H groups in total. The molecular formula is C7H9F5O3S. The number of allylic oxidation sites excluding steroid dienone is 2. The monoisotopic (exact) mass is 268 g/mol. The van der Waals surface area contributed by atoms with Gasteiger partial charge in [-0.1, -0.05) is 6.92 Å². The molecule has 0 aromatic heterocycles. The third-order valence-corrected chi connectivity index (χ3v) is 2.72. The average molecular weight is 268 g/mol. The standard InChI is InChI=1S/C7H9F5O3S/c1-3-4-5(2)15-16(13,14)7(11,12)6(8,9)10/h4H,3H2,1-2H3. The van der Waals surface area contributed by atoms with Crippen molar-refractivity contribution < 1.29 is 34.6 Å². The minimum absolute atomic E-state index is 0.235. The molecule has 0 atom stereocenters. The van der Waals surface area contributed by atoms with Gasteiger partial charge in [0.05, 0.1) is 0 Å². The quantitative estimate of drug-likeness (QED) is 0.447. The molecule has 0 aliphatic carbocycles. The lowest BCUT2D eigenvalue weighted by molar-refractivity contribution is -0.243. The van der Waals surface area contributed by atoms with E-state index in [9.17, 15) is 30.4 Å². The molecule has 0 unspecified atom stereocenters. The van der Waals surface area contributed by atoms with Crippen molar-refractivity contribution in [3.63, 3.8) is 0 Å². The molecule has 0 radical (unpaired) electrons. The summed E-state index contributed by atoms with van der Waals surface area (Å²) in [6.45, 7) is 2.49. The van der Waals surface area contributed by atoms with Crippen LogP contribution in [0.25, 0.3) is 0 Å². The molecule has 0 rings (SSSR count). The summed E-state index contributed by atoms with van der Waals surface area (Å²) < 4.78 is 85.0. The highest BCUT2D eigenvalue weighted by atomic mass is 32.2. The lowest BCUT2D eigenvalue weighted by Crippen LogP contribution is -2.44. The van der Waals surface area contributed by atoms with Crippen LogP contribution in [0.3, 0.4) is 0 Å². The van der Waals surface area contributed by atoms with Gasteiger partial charge in [0.1, 0.15) is 5.76 Å². The van der Waals surface area contributed by atoms with Gasteiger partial charge in [0, 0.05) is 0 Å². The van der Waals surface area contributed by atoms with Crippen molar-refractivity contribution in [3.8, 4) is 0 Å². The zero-order valence-electron chi connectivity index (χ0n) is 8.31. The molecule has 0 spiro atoms. The summed E-state index contributed by atoms with van der Waals surface area (Å²) in [6, 6.07) is 0. The van der Waals surface area contributed by atoms with Crippen LogP contribution in [0.1, 0.15) is 20.3 Å². The Bertz CT molecular complexity index is 368. The molecule has 3 nitrogen and oxygen atoms in total. The largest absolute Gasteiger partial charge is 0.475 e. The Balaban J connectivity index is 5.17. The number of alkyl halides is 5. The summed E-state index contributed by atoms with van der Waals surface area (Å²) in [5.74, 6) is -0.536. The van der Waals surface area contributed by atoms with Gasteiger partial charge in [-0.05, 0) is 19.4 Å². The lowest BCUT2D eigenvalue weighted by Gasteiger charge is -2.19. The summed E-state index contributed by atoms with van der Waals surface area (Å²) in [5.41, 5.74) is 0. The van der Waals surface area contributed by atoms with Crippen molar-refractivity contribution in [2.24, 2.45) is 0 Å². The molecule has 0 aromatic carbocycles. The first kappa shape index (κ1) is 15.1. The Labute approximate surface area is 89.0 Å². The van der Waals surface area contributed by atoms with Crippen LogP contribution in [-0.2, 0) is 14.3 Å². The van der Waals surface area contributed by atoms with E-state index in [-0.39, 0.29) is 6.42 Å². The van der Waals surface area contributed by atoms with Gasteiger partial charge in [0.15, 0.2) is 0 Å². The van der Waals surface area contributed by atoms with Crippen molar-refractivity contribution >= 4 is 10.1 Å². The Hall–Kier alpha value is -0.860. The van der Waals surface area contributed by atoms with E-state index >= 15 is 0 Å². The van der Waals surface area contributed by atoms with Crippen LogP contribution >= 0.6 is 0 Å². The molecule has 0 aliphatic rings. The maximum Gasteiger partial charge on any atom is 0.475 e. The van der Waals surface area contributed by atoms with Gasteiger partial charge >= 0.3 is 21.5 Å². The topological polar surface area (TPSA) is 43.4 Å². The van der Waals surface area contributed by atoms with E-state index in [0.717, 1.165) is 13.0 Å². The fourth-order valence-electron chi connectivity index (χ4n) is 0.689. The molecule has 0 bridgehead atoms. The van der Waals surface area contributed by atoms with Gasteiger partial charge in [-0.15, -0.1) is 0 Å². The second-order valence-electron chi connectivity index (χ2n) is 2.78. The predicted octanol–water partition coefficient (Wildman–Crippen LogP) is 2.80. The Morgan fingerprint density at radius 3 is 2.00 bits per heavy atom. The minimum Gasteiger partial charge on any atom is -0.383 e. The van der Waals surface area contributed by atoms with E-state index in [1.807, 2.05) is 0 Å². The summed E-state index contributed by atoms with van der Waals surface area (Å²) in [7, 11) is -6.07. The van der Waals surface area contributed by atoms with Gasteiger partial charge in [0.2, 0.25) is 0 Å². The van der Waals surface area contributed by atoms with Crippen LogP contribution < -0.4 is 0 Å². The highest BCUT2D eigenvalue weighted by molar-refractivity contribution is 7.88. The Kier molecular flexibility index (Phi) is 4.31. The average Bonchev–Trinajstić information content (AvgIpc) is 2.00. The summed E-state index contributed by atoms with van der Waals surface area (Å²) in [6.07, 6.45) is -4.92. The molecule has 0 amide bonds. The van der Waals surface area contributed by atoms with Crippen LogP contribution in [0.2, 0.25) is 0 Å². The fourth-order valence-corrected chi connectivity index (χ4v) is 1.49. The second kappa shape index (κ2) is 4.56. The summed E-state index contributed by atoms with van der Waals surface area (Å²) in [4.78, 5) is 0. The molecule has 0 aromatic rings. The highest BCUT2D eigenvalue weighted by Crippen LogP contribution is 2.41. The maximum atomic E-state index is 12.4. The number of rotatable bonds is 4. The van der Waals surface area contributed by atoms with Gasteiger partial charge in [-0.3, -0.25) is 0 Å². The number of halogens is 5. The van der Waals surface area contributed by atoms with E-state index in [1.165, 1.54) is 6.92 Å². The Morgan fingerprint density at radius 2 is 1.69 bits per heavy atom. The number of hydrogen-bond acceptors (Lipinski definition) is 3. The van der Waals surface area contributed by atoms with E-state index < -0.39 is 27.3 Å². The molecule has 0 fully saturated rings. The molecule has 96 valence electrons. The van der Waals surface area contributed by atoms with Gasteiger partial charge in [-0.25, -0.2) is 0 Å². The van der Waals surface area contributed by atoms with Crippen molar-refractivity contribution in [1.82, 2.24) is 0 Å². The molecular weight excluding hydrogens is 259 g/mol. The molecule has 0 aliphatic heterocycles. The third-order valence-electron chi connectivity index (χ3n) is 1.38. The van der Waals surface area contributed by atoms with Crippen LogP contribution in [0.5, 0.6) is 0 Å². The smallest absolute Gasteiger partial charge is 0.383 e. The SMILES string of the molecule is CCC=C(C)OS(=O)(=O)C(F)(F)C(F)(F)F. The normalized spacial score (nSPS) is 15.1. The summed E-state index contributed by atoms with van der Waals surface area (Å²) in [5, 5.41) is -5.93. The first-order valence-electron chi connectivity index (χ1n) is 4.01. The van der Waals surface area contributed by atoms with Gasteiger partial charge in [-0.2, -0.15) is 30.4 Å². The van der Waals surface area contributed by atoms with Crippen molar-refractivity contribution in [3.05, 3.63) is 11.8 Å². The second-order valence-corrected chi connectivity index (χ2v) is 4.36. The van der Waals surface area contributed by atoms with Crippen LogP contribution in [0, 0.1) is 0 Å². The van der Waals surface area contributed by atoms with Gasteiger partial charge < -0.3 is 4.18 Å². The van der Waals surface area contributed by atoms with E-state index in [4.69, 9.17) is 0 Å². The first-order chi connectivity index (χ1) is 6.95. The van der Waals surface area contributed by atoms with Gasteiger partial charge in [0.25, 0.3) is 0 Å². The van der Waals surface area contributed by atoms with Crippen molar-refractivity contribution in [2.45, 2.75) is 31.7 Å². The van der Waals surface area contributed by atoms with Crippen molar-refractivity contribution in [2.75, 3.05) is 0 Å². The van der Waals surface area contributed by atoms with Crippen LogP contribution in [0.15, 0.2) is 11.8 Å². The predicted molar refractivity (Wildman–Crippen MR) is 45.1 cm³/mol. The summed E-state index contributed by atoms with van der Waals surface area (Å²) >= 11 is 0. The molecule has 0 saturated heterocycles. The molecule has 0 saturated carbocycles. The van der Waals surface area contributed by atoms with Crippen molar-refractivity contribution in [1.29, 1.82) is 0 Å². The zero-order chi connectivity index (χ0) is 13.2. The lowest BCUT2D eigenvalue weighted by atomic mass is 10.4. The van der Waals surface area contributed by atoms with E-state index in [1.54, 1.807) is 0 Å². The van der Waals surface area contributed by atoms with Crippen LogP contribution in [-0.4, -0.2) is 19.8 Å². The third kappa shape index (κ3) is 3.06. The van der Waals surface area contributed by atoms with Crippen LogP contribution in [0.4, 0.5) is 22.0 Å². The molecule has 16 heavy (non-hydrogen) atoms. The maximum absolute atomic E-state index is 12.4. The highest BCUT2D eigenvalue weighted by Gasteiger charge is 2.69.